The van der Waals surface area contributed by atoms with Gasteiger partial charge in [0.15, 0.2) is 5.96 Å². The molecule has 1 saturated heterocycles. The Morgan fingerprint density at radius 2 is 1.97 bits per heavy atom. The van der Waals surface area contributed by atoms with Crippen molar-refractivity contribution in [2.24, 2.45) is 10.9 Å². The first kappa shape index (κ1) is 26.8. The molecule has 1 aliphatic heterocycles. The standard InChI is InChI=1S/C21H34F2N4O2.HI/c1-4-24-21(26-14-19(16(2)3)27-8-10-28-11-9-27)25-13-17-6-5-7-18(12-17)29-15-20(22)23;/h5-7,12,16,19-20H,4,8-11,13-15H2,1-3H3,(H2,24,25,26);1H. The summed E-state index contributed by atoms with van der Waals surface area (Å²) in [5, 5.41) is 6.72. The zero-order chi connectivity index (χ0) is 21.1. The van der Waals surface area contributed by atoms with Gasteiger partial charge in [-0.3, -0.25) is 4.90 Å². The van der Waals surface area contributed by atoms with E-state index in [1.54, 1.807) is 18.2 Å². The van der Waals surface area contributed by atoms with E-state index in [2.05, 4.69) is 34.4 Å². The maximum Gasteiger partial charge on any atom is 0.272 e. The van der Waals surface area contributed by atoms with Crippen molar-refractivity contribution in [1.82, 2.24) is 15.5 Å². The Morgan fingerprint density at radius 1 is 1.23 bits per heavy atom. The van der Waals surface area contributed by atoms with Crippen LogP contribution in [0.4, 0.5) is 8.78 Å². The van der Waals surface area contributed by atoms with Crippen LogP contribution in [0.25, 0.3) is 0 Å². The van der Waals surface area contributed by atoms with Gasteiger partial charge in [-0.25, -0.2) is 13.8 Å². The quantitative estimate of drug-likeness (QED) is 0.271. The van der Waals surface area contributed by atoms with E-state index in [0.717, 1.165) is 50.9 Å². The minimum absolute atomic E-state index is 0. The van der Waals surface area contributed by atoms with Gasteiger partial charge in [-0.2, -0.15) is 0 Å². The van der Waals surface area contributed by atoms with E-state index in [9.17, 15) is 8.78 Å². The van der Waals surface area contributed by atoms with Gasteiger partial charge in [0.1, 0.15) is 12.4 Å². The van der Waals surface area contributed by atoms with Crippen molar-refractivity contribution in [3.63, 3.8) is 0 Å². The van der Waals surface area contributed by atoms with E-state index in [1.807, 2.05) is 13.0 Å². The van der Waals surface area contributed by atoms with Gasteiger partial charge in [0.25, 0.3) is 6.43 Å². The fourth-order valence-corrected chi connectivity index (χ4v) is 3.30. The smallest absolute Gasteiger partial charge is 0.272 e. The van der Waals surface area contributed by atoms with Gasteiger partial charge < -0.3 is 20.1 Å². The number of nitrogens with zero attached hydrogens (tertiary/aromatic N) is 2. The van der Waals surface area contributed by atoms with Gasteiger partial charge in [0, 0.05) is 32.2 Å². The lowest BCUT2D eigenvalue weighted by Crippen LogP contribution is -2.52. The summed E-state index contributed by atoms with van der Waals surface area (Å²) in [5.74, 6) is 1.68. The Morgan fingerprint density at radius 3 is 2.60 bits per heavy atom. The summed E-state index contributed by atoms with van der Waals surface area (Å²) in [5.41, 5.74) is 0.905. The molecule has 1 aromatic carbocycles. The van der Waals surface area contributed by atoms with Crippen molar-refractivity contribution >= 4 is 29.9 Å². The lowest BCUT2D eigenvalue weighted by Gasteiger charge is -2.37. The normalized spacial score (nSPS) is 16.3. The molecule has 1 heterocycles. The van der Waals surface area contributed by atoms with Crippen LogP contribution in [0.1, 0.15) is 26.3 Å². The minimum atomic E-state index is -2.48. The molecule has 2 rings (SSSR count). The van der Waals surface area contributed by atoms with Crippen LogP contribution in [0.3, 0.4) is 0 Å². The van der Waals surface area contributed by atoms with Crippen molar-refractivity contribution < 1.29 is 18.3 Å². The van der Waals surface area contributed by atoms with Crippen molar-refractivity contribution in [3.05, 3.63) is 29.8 Å². The number of guanidine groups is 1. The third-order valence-electron chi connectivity index (χ3n) is 4.80. The molecular formula is C21H35F2IN4O2. The van der Waals surface area contributed by atoms with Crippen molar-refractivity contribution in [1.29, 1.82) is 0 Å². The first-order chi connectivity index (χ1) is 14.0. The Balaban J connectivity index is 0.00000450. The Bertz CT molecular complexity index is 629. The van der Waals surface area contributed by atoms with Crippen molar-refractivity contribution in [3.8, 4) is 5.75 Å². The largest absolute Gasteiger partial charge is 0.488 e. The van der Waals surface area contributed by atoms with Crippen LogP contribution >= 0.6 is 24.0 Å². The molecule has 1 atom stereocenters. The van der Waals surface area contributed by atoms with Crippen LogP contribution in [-0.4, -0.2) is 69.3 Å². The van der Waals surface area contributed by atoms with Crippen LogP contribution in [0.5, 0.6) is 5.75 Å². The van der Waals surface area contributed by atoms with Crippen LogP contribution in [0, 0.1) is 5.92 Å². The molecule has 0 amide bonds. The summed E-state index contributed by atoms with van der Waals surface area (Å²) in [4.78, 5) is 7.11. The SMILES string of the molecule is CCNC(=NCc1cccc(OCC(F)F)c1)NCC(C(C)C)N1CCOCC1.I. The van der Waals surface area contributed by atoms with Crippen LogP contribution in [0.2, 0.25) is 0 Å². The highest BCUT2D eigenvalue weighted by atomic mass is 127. The van der Waals surface area contributed by atoms with Gasteiger partial charge in [0.05, 0.1) is 19.8 Å². The highest BCUT2D eigenvalue weighted by Crippen LogP contribution is 2.15. The molecule has 0 aliphatic carbocycles. The molecule has 2 N–H and O–H groups in total. The number of aliphatic imine (C=N–C) groups is 1. The molecule has 30 heavy (non-hydrogen) atoms. The molecule has 0 spiro atoms. The molecule has 9 heteroatoms. The second-order valence-corrected chi connectivity index (χ2v) is 7.39. The average molecular weight is 540 g/mol. The predicted molar refractivity (Wildman–Crippen MR) is 127 cm³/mol. The van der Waals surface area contributed by atoms with E-state index in [-0.39, 0.29) is 24.0 Å². The number of hydrogen-bond donors (Lipinski definition) is 2. The van der Waals surface area contributed by atoms with Crippen LogP contribution in [-0.2, 0) is 11.3 Å². The first-order valence-electron chi connectivity index (χ1n) is 10.3. The molecule has 0 radical (unpaired) electrons. The molecule has 1 unspecified atom stereocenters. The summed E-state index contributed by atoms with van der Waals surface area (Å²) in [6.07, 6.45) is -2.48. The zero-order valence-electron chi connectivity index (χ0n) is 18.1. The summed E-state index contributed by atoms with van der Waals surface area (Å²) in [6.45, 7) is 11.3. The Labute approximate surface area is 195 Å². The monoisotopic (exact) mass is 540 g/mol. The number of benzene rings is 1. The molecule has 1 aliphatic rings. The van der Waals surface area contributed by atoms with Gasteiger partial charge in [0.2, 0.25) is 0 Å². The fraction of sp³-hybridized carbons (Fsp3) is 0.667. The number of morpholine rings is 1. The number of halogens is 3. The van der Waals surface area contributed by atoms with Crippen LogP contribution in [0.15, 0.2) is 29.3 Å². The van der Waals surface area contributed by atoms with E-state index < -0.39 is 13.0 Å². The van der Waals surface area contributed by atoms with E-state index >= 15 is 0 Å². The lowest BCUT2D eigenvalue weighted by molar-refractivity contribution is 0.00752. The van der Waals surface area contributed by atoms with Crippen LogP contribution < -0.4 is 15.4 Å². The molecule has 0 aromatic heterocycles. The average Bonchev–Trinajstić information content (AvgIpc) is 2.71. The highest BCUT2D eigenvalue weighted by Gasteiger charge is 2.23. The third-order valence-corrected chi connectivity index (χ3v) is 4.80. The topological polar surface area (TPSA) is 58.1 Å². The van der Waals surface area contributed by atoms with Gasteiger partial charge in [-0.15, -0.1) is 24.0 Å². The van der Waals surface area contributed by atoms with E-state index in [4.69, 9.17) is 9.47 Å². The number of nitrogens with one attached hydrogen (secondary N) is 2. The molecule has 6 nitrogen and oxygen atoms in total. The second-order valence-electron chi connectivity index (χ2n) is 7.39. The molecule has 0 bridgehead atoms. The fourth-order valence-electron chi connectivity index (χ4n) is 3.30. The first-order valence-corrected chi connectivity index (χ1v) is 10.3. The molecule has 1 aromatic rings. The second kappa shape index (κ2) is 14.7. The van der Waals surface area contributed by atoms with Gasteiger partial charge in [-0.05, 0) is 30.5 Å². The number of ether oxygens (including phenoxy) is 2. The molecule has 172 valence electrons. The Kier molecular flexibility index (Phi) is 13.2. The molecular weight excluding hydrogens is 505 g/mol. The maximum absolute atomic E-state index is 12.3. The van der Waals surface area contributed by atoms with Crippen molar-refractivity contribution in [2.45, 2.75) is 39.8 Å². The van der Waals surface area contributed by atoms with Gasteiger partial charge >= 0.3 is 0 Å². The molecule has 0 saturated carbocycles. The van der Waals surface area contributed by atoms with Crippen molar-refractivity contribution in [2.75, 3.05) is 46.0 Å². The predicted octanol–water partition coefficient (Wildman–Crippen LogP) is 3.36. The third kappa shape index (κ3) is 9.74. The number of hydrogen-bond acceptors (Lipinski definition) is 4. The summed E-state index contributed by atoms with van der Waals surface area (Å²) < 4.78 is 35.2. The van der Waals surface area contributed by atoms with E-state index in [0.29, 0.717) is 24.3 Å². The summed E-state index contributed by atoms with van der Waals surface area (Å²) in [6, 6.07) is 7.52. The summed E-state index contributed by atoms with van der Waals surface area (Å²) in [7, 11) is 0. The minimum Gasteiger partial charge on any atom is -0.488 e. The Hall–Kier alpha value is -1.20. The number of alkyl halides is 2. The number of rotatable bonds is 10. The summed E-state index contributed by atoms with van der Waals surface area (Å²) >= 11 is 0. The molecule has 1 fully saturated rings. The van der Waals surface area contributed by atoms with Gasteiger partial charge in [-0.1, -0.05) is 26.0 Å². The van der Waals surface area contributed by atoms with E-state index in [1.165, 1.54) is 0 Å². The highest BCUT2D eigenvalue weighted by molar-refractivity contribution is 14.0. The lowest BCUT2D eigenvalue weighted by atomic mass is 10.0. The maximum atomic E-state index is 12.3. The zero-order valence-corrected chi connectivity index (χ0v) is 20.4.